The molecule has 1 heterocycles. The van der Waals surface area contributed by atoms with E-state index in [0.29, 0.717) is 19.0 Å². The van der Waals surface area contributed by atoms with Gasteiger partial charge in [-0.2, -0.15) is 0 Å². The van der Waals surface area contributed by atoms with Crippen molar-refractivity contribution in [3.05, 3.63) is 0 Å². The zero-order valence-electron chi connectivity index (χ0n) is 17.0. The van der Waals surface area contributed by atoms with Crippen LogP contribution in [0.25, 0.3) is 0 Å². The lowest BCUT2D eigenvalue weighted by Crippen LogP contribution is -2.56. The highest BCUT2D eigenvalue weighted by molar-refractivity contribution is 5.82. The van der Waals surface area contributed by atoms with Crippen molar-refractivity contribution in [1.82, 2.24) is 15.1 Å². The Kier molecular flexibility index (Phi) is 11.7. The van der Waals surface area contributed by atoms with Crippen molar-refractivity contribution in [2.45, 2.75) is 83.2 Å². The predicted molar refractivity (Wildman–Crippen MR) is 105 cm³/mol. The van der Waals surface area contributed by atoms with Crippen molar-refractivity contribution in [1.29, 1.82) is 0 Å². The van der Waals surface area contributed by atoms with Gasteiger partial charge in [0.1, 0.15) is 0 Å². The summed E-state index contributed by atoms with van der Waals surface area (Å²) in [6.07, 6.45) is 10.9. The molecule has 1 saturated carbocycles. The molecule has 1 unspecified atom stereocenters. The number of carboxylic acid groups (broad SMARTS) is 1. The zero-order chi connectivity index (χ0) is 20.1. The summed E-state index contributed by atoms with van der Waals surface area (Å²) in [6, 6.07) is 0.333. The predicted octanol–water partition coefficient (Wildman–Crippen LogP) is 2.25. The molecule has 2 N–H and O–H groups in total. The molecule has 156 valence electrons. The zero-order valence-corrected chi connectivity index (χ0v) is 17.0. The van der Waals surface area contributed by atoms with Gasteiger partial charge >= 0.3 is 0 Å². The molecule has 0 aromatic heterocycles. The average Bonchev–Trinajstić information content (AvgIpc) is 2.91. The molecule has 0 spiro atoms. The summed E-state index contributed by atoms with van der Waals surface area (Å²) >= 11 is 0. The number of unbranched alkanes of at least 4 members (excludes halogenated alkanes) is 1. The summed E-state index contributed by atoms with van der Waals surface area (Å²) in [6.45, 7) is 4.26. The van der Waals surface area contributed by atoms with Crippen molar-refractivity contribution in [2.75, 3.05) is 26.7 Å². The molecule has 0 bridgehead atoms. The van der Waals surface area contributed by atoms with Crippen LogP contribution in [0.15, 0.2) is 0 Å². The first kappa shape index (κ1) is 23.4. The molecule has 1 aliphatic carbocycles. The SMILES string of the molecule is CCCCC1C(=O)N(C)CCN1CCC(=O)NC1CCCCCC1.O=CO. The topological polar surface area (TPSA) is 90.0 Å². The fourth-order valence-corrected chi connectivity index (χ4v) is 3.89. The van der Waals surface area contributed by atoms with E-state index in [9.17, 15) is 9.59 Å². The van der Waals surface area contributed by atoms with Crippen LogP contribution < -0.4 is 5.32 Å². The summed E-state index contributed by atoms with van der Waals surface area (Å²) in [5.74, 6) is 0.376. The van der Waals surface area contributed by atoms with Crippen LogP contribution in [-0.4, -0.2) is 72.0 Å². The largest absolute Gasteiger partial charge is 0.483 e. The third kappa shape index (κ3) is 8.73. The normalized spacial score (nSPS) is 21.8. The lowest BCUT2D eigenvalue weighted by atomic mass is 10.0. The van der Waals surface area contributed by atoms with Crippen molar-refractivity contribution in [2.24, 2.45) is 0 Å². The number of amides is 2. The molecular weight excluding hydrogens is 346 g/mol. The minimum atomic E-state index is -0.250. The second-order valence-electron chi connectivity index (χ2n) is 7.57. The van der Waals surface area contributed by atoms with Crippen molar-refractivity contribution in [3.63, 3.8) is 0 Å². The quantitative estimate of drug-likeness (QED) is 0.520. The van der Waals surface area contributed by atoms with Gasteiger partial charge in [-0.25, -0.2) is 0 Å². The fourth-order valence-electron chi connectivity index (χ4n) is 3.89. The van der Waals surface area contributed by atoms with Gasteiger partial charge in [-0.05, 0) is 19.3 Å². The first-order valence-electron chi connectivity index (χ1n) is 10.4. The van der Waals surface area contributed by atoms with Crippen molar-refractivity contribution < 1.29 is 19.5 Å². The molecule has 1 aliphatic heterocycles. The van der Waals surface area contributed by atoms with Crippen LogP contribution >= 0.6 is 0 Å². The molecule has 2 aliphatic rings. The third-order valence-corrected chi connectivity index (χ3v) is 5.50. The van der Waals surface area contributed by atoms with E-state index < -0.39 is 0 Å². The average molecular weight is 384 g/mol. The second-order valence-corrected chi connectivity index (χ2v) is 7.57. The van der Waals surface area contributed by atoms with Crippen LogP contribution in [-0.2, 0) is 14.4 Å². The molecule has 1 saturated heterocycles. The van der Waals surface area contributed by atoms with Gasteiger partial charge in [0.05, 0.1) is 6.04 Å². The lowest BCUT2D eigenvalue weighted by Gasteiger charge is -2.39. The van der Waals surface area contributed by atoms with Crippen LogP contribution in [0.1, 0.15) is 71.1 Å². The van der Waals surface area contributed by atoms with Gasteiger partial charge < -0.3 is 15.3 Å². The monoisotopic (exact) mass is 383 g/mol. The molecule has 7 heteroatoms. The Morgan fingerprint density at radius 1 is 1.22 bits per heavy atom. The number of carbonyl (C=O) groups is 3. The van der Waals surface area contributed by atoms with Gasteiger partial charge in [0.15, 0.2) is 0 Å². The standard InChI is InChI=1S/C19H35N3O2.CH2O2/c1-3-4-11-17-19(24)21(2)14-15-22(17)13-12-18(23)20-16-9-7-5-6-8-10-16;2-1-3/h16-17H,3-15H2,1-2H3,(H,20,23);1H,(H,2,3). The van der Waals surface area contributed by atoms with Crippen LogP contribution in [0.5, 0.6) is 0 Å². The summed E-state index contributed by atoms with van der Waals surface area (Å²) in [5, 5.41) is 10.1. The van der Waals surface area contributed by atoms with Crippen LogP contribution in [0.3, 0.4) is 0 Å². The number of nitrogens with zero attached hydrogens (tertiary/aromatic N) is 2. The third-order valence-electron chi connectivity index (χ3n) is 5.50. The number of piperazine rings is 1. The molecule has 0 aromatic rings. The number of likely N-dealkylation sites (N-methyl/N-ethyl adjacent to an activating group) is 1. The minimum Gasteiger partial charge on any atom is -0.483 e. The number of rotatable bonds is 7. The highest BCUT2D eigenvalue weighted by Crippen LogP contribution is 2.18. The van der Waals surface area contributed by atoms with E-state index in [1.165, 1.54) is 25.7 Å². The summed E-state index contributed by atoms with van der Waals surface area (Å²) in [7, 11) is 1.89. The highest BCUT2D eigenvalue weighted by Gasteiger charge is 2.32. The maximum atomic E-state index is 12.4. The molecule has 1 atom stereocenters. The second kappa shape index (κ2) is 13.5. The van der Waals surface area contributed by atoms with E-state index in [-0.39, 0.29) is 24.3 Å². The number of carbonyl (C=O) groups excluding carboxylic acids is 2. The van der Waals surface area contributed by atoms with E-state index in [4.69, 9.17) is 9.90 Å². The van der Waals surface area contributed by atoms with E-state index >= 15 is 0 Å². The van der Waals surface area contributed by atoms with Crippen LogP contribution in [0.2, 0.25) is 0 Å². The maximum Gasteiger partial charge on any atom is 0.290 e. The smallest absolute Gasteiger partial charge is 0.290 e. The molecule has 0 radical (unpaired) electrons. The van der Waals surface area contributed by atoms with Gasteiger partial charge in [0.2, 0.25) is 11.8 Å². The molecule has 2 amide bonds. The minimum absolute atomic E-state index is 0.0330. The molecule has 7 nitrogen and oxygen atoms in total. The Balaban J connectivity index is 0.00000114. The Hall–Kier alpha value is -1.63. The van der Waals surface area contributed by atoms with Crippen LogP contribution in [0, 0.1) is 0 Å². The Bertz CT molecular complexity index is 451. The summed E-state index contributed by atoms with van der Waals surface area (Å²) in [5.41, 5.74) is 0. The Labute approximate surface area is 163 Å². The summed E-state index contributed by atoms with van der Waals surface area (Å²) in [4.78, 5) is 37.1. The Morgan fingerprint density at radius 2 is 1.85 bits per heavy atom. The first-order valence-corrected chi connectivity index (χ1v) is 10.4. The molecule has 2 fully saturated rings. The summed E-state index contributed by atoms with van der Waals surface area (Å²) < 4.78 is 0. The van der Waals surface area contributed by atoms with Crippen molar-refractivity contribution >= 4 is 18.3 Å². The molecule has 27 heavy (non-hydrogen) atoms. The van der Waals surface area contributed by atoms with Crippen molar-refractivity contribution in [3.8, 4) is 0 Å². The van der Waals surface area contributed by atoms with Gasteiger partial charge in [-0.15, -0.1) is 0 Å². The van der Waals surface area contributed by atoms with E-state index in [2.05, 4.69) is 17.1 Å². The highest BCUT2D eigenvalue weighted by atomic mass is 16.3. The van der Waals surface area contributed by atoms with E-state index in [1.807, 2.05) is 11.9 Å². The number of nitrogens with one attached hydrogen (secondary N) is 1. The lowest BCUT2D eigenvalue weighted by molar-refractivity contribution is -0.141. The fraction of sp³-hybridized carbons (Fsp3) is 0.850. The maximum absolute atomic E-state index is 12.4. The van der Waals surface area contributed by atoms with Crippen LogP contribution in [0.4, 0.5) is 0 Å². The van der Waals surface area contributed by atoms with E-state index in [0.717, 1.165) is 45.2 Å². The van der Waals surface area contributed by atoms with Gasteiger partial charge in [-0.1, -0.05) is 45.4 Å². The van der Waals surface area contributed by atoms with Gasteiger partial charge in [0.25, 0.3) is 6.47 Å². The number of hydrogen-bond donors (Lipinski definition) is 2. The molecular formula is C20H37N3O4. The van der Waals surface area contributed by atoms with E-state index in [1.54, 1.807) is 0 Å². The Morgan fingerprint density at radius 3 is 2.44 bits per heavy atom. The number of hydrogen-bond acceptors (Lipinski definition) is 4. The molecule has 0 aromatic carbocycles. The first-order chi connectivity index (χ1) is 13.0. The van der Waals surface area contributed by atoms with Gasteiger partial charge in [0, 0.05) is 39.1 Å². The molecule has 2 rings (SSSR count). The van der Waals surface area contributed by atoms with Gasteiger partial charge in [-0.3, -0.25) is 19.3 Å².